The summed E-state index contributed by atoms with van der Waals surface area (Å²) in [6.07, 6.45) is 1.69. The first-order valence-electron chi connectivity index (χ1n) is 11.8. The van der Waals surface area contributed by atoms with E-state index in [-0.39, 0.29) is 5.60 Å². The molecule has 7 heteroatoms. The van der Waals surface area contributed by atoms with Crippen LogP contribution in [0.5, 0.6) is 11.6 Å². The second kappa shape index (κ2) is 10.5. The zero-order valence-corrected chi connectivity index (χ0v) is 21.1. The number of aryl methyl sites for hydroxylation is 1. The van der Waals surface area contributed by atoms with Crippen molar-refractivity contribution in [3.8, 4) is 17.3 Å². The van der Waals surface area contributed by atoms with Crippen LogP contribution in [-0.2, 0) is 11.3 Å². The number of para-hydroxylation sites is 1. The molecule has 34 heavy (non-hydrogen) atoms. The summed E-state index contributed by atoms with van der Waals surface area (Å²) in [6, 6.07) is 17.8. The van der Waals surface area contributed by atoms with Crippen molar-refractivity contribution in [2.45, 2.75) is 64.8 Å². The third kappa shape index (κ3) is 6.60. The number of aliphatic hydroxyl groups is 1. The molecule has 0 saturated heterocycles. The van der Waals surface area contributed by atoms with Gasteiger partial charge in [-0.2, -0.15) is 5.10 Å². The Bertz CT molecular complexity index is 1090. The van der Waals surface area contributed by atoms with E-state index in [2.05, 4.69) is 4.90 Å². The fourth-order valence-corrected chi connectivity index (χ4v) is 4.05. The third-order valence-corrected chi connectivity index (χ3v) is 5.96. The molecule has 0 bridgehead atoms. The summed E-state index contributed by atoms with van der Waals surface area (Å²) >= 11 is 6.28. The summed E-state index contributed by atoms with van der Waals surface area (Å²) in [6.45, 7) is 9.47. The highest BCUT2D eigenvalue weighted by atomic mass is 35.5. The second-order valence-electron chi connectivity index (χ2n) is 9.91. The monoisotopic (exact) mass is 483 g/mol. The van der Waals surface area contributed by atoms with Gasteiger partial charge in [0.15, 0.2) is 0 Å². The Balaban J connectivity index is 1.63. The van der Waals surface area contributed by atoms with Gasteiger partial charge in [-0.15, -0.1) is 0 Å². The molecule has 1 aliphatic rings. The largest absolute Gasteiger partial charge is 0.439 e. The lowest BCUT2D eigenvalue weighted by atomic mass is 10.2. The molecule has 0 unspecified atom stereocenters. The normalized spacial score (nSPS) is 15.0. The number of ether oxygens (including phenoxy) is 2. The van der Waals surface area contributed by atoms with E-state index in [1.807, 2.05) is 87.0 Å². The van der Waals surface area contributed by atoms with Gasteiger partial charge in [-0.05, 0) is 70.9 Å². The van der Waals surface area contributed by atoms with Crippen molar-refractivity contribution >= 4 is 11.6 Å². The number of benzene rings is 2. The predicted molar refractivity (Wildman–Crippen MR) is 135 cm³/mol. The van der Waals surface area contributed by atoms with Gasteiger partial charge in [-0.25, -0.2) is 4.68 Å². The maximum absolute atomic E-state index is 10.7. The lowest BCUT2D eigenvalue weighted by Gasteiger charge is -2.27. The van der Waals surface area contributed by atoms with Crippen LogP contribution < -0.4 is 4.74 Å². The molecule has 1 N–H and O–H groups in total. The molecule has 6 nitrogen and oxygen atoms in total. The number of aromatic nitrogens is 2. The topological polar surface area (TPSA) is 59.8 Å². The van der Waals surface area contributed by atoms with E-state index in [0.29, 0.717) is 36.6 Å². The zero-order chi connectivity index (χ0) is 24.3. The highest BCUT2D eigenvalue weighted by Gasteiger charge is 2.33. The zero-order valence-electron chi connectivity index (χ0n) is 20.4. The van der Waals surface area contributed by atoms with Crippen LogP contribution in [0.2, 0.25) is 5.02 Å². The van der Waals surface area contributed by atoms with Gasteiger partial charge in [0.1, 0.15) is 5.75 Å². The van der Waals surface area contributed by atoms with Gasteiger partial charge in [-0.1, -0.05) is 35.9 Å². The van der Waals surface area contributed by atoms with Crippen LogP contribution in [0, 0.1) is 6.92 Å². The number of rotatable bonds is 10. The van der Waals surface area contributed by atoms with Crippen molar-refractivity contribution in [3.05, 3.63) is 70.9 Å². The van der Waals surface area contributed by atoms with Crippen LogP contribution in [0.15, 0.2) is 54.6 Å². The molecule has 0 aliphatic heterocycles. The van der Waals surface area contributed by atoms with Gasteiger partial charge in [0.05, 0.1) is 35.3 Å². The first-order chi connectivity index (χ1) is 16.2. The molecule has 1 aromatic heterocycles. The maximum Gasteiger partial charge on any atom is 0.227 e. The van der Waals surface area contributed by atoms with Crippen LogP contribution in [-0.4, -0.2) is 50.7 Å². The molecule has 0 amide bonds. The van der Waals surface area contributed by atoms with Gasteiger partial charge in [0.2, 0.25) is 5.88 Å². The van der Waals surface area contributed by atoms with Crippen molar-refractivity contribution in [3.63, 3.8) is 0 Å². The van der Waals surface area contributed by atoms with Crippen LogP contribution in [0.25, 0.3) is 5.69 Å². The Morgan fingerprint density at radius 1 is 1.15 bits per heavy atom. The number of nitrogens with zero attached hydrogens (tertiary/aromatic N) is 3. The Hall–Kier alpha value is -2.38. The molecule has 0 radical (unpaired) electrons. The number of hydrogen-bond acceptors (Lipinski definition) is 5. The van der Waals surface area contributed by atoms with Crippen molar-refractivity contribution in [1.82, 2.24) is 14.7 Å². The van der Waals surface area contributed by atoms with Gasteiger partial charge >= 0.3 is 0 Å². The maximum atomic E-state index is 10.7. The Kier molecular flexibility index (Phi) is 7.63. The van der Waals surface area contributed by atoms with Gasteiger partial charge in [-0.3, -0.25) is 4.90 Å². The second-order valence-corrected chi connectivity index (χ2v) is 10.4. The average Bonchev–Trinajstić information content (AvgIpc) is 3.59. The van der Waals surface area contributed by atoms with Gasteiger partial charge < -0.3 is 14.6 Å². The minimum atomic E-state index is -0.568. The standard InChI is InChI=1S/C27H34ClN3O3/c1-19-25(17-30(21-13-14-21)16-23(32)18-33-27(2,3)4)26(34-24-11-6-5-7-12-24)31(29-19)22-10-8-9-20(28)15-22/h5-12,15,21,23,32H,13-14,16-18H2,1-4H3/t23-/m0/s1. The molecule has 1 saturated carbocycles. The van der Waals surface area contributed by atoms with Crippen LogP contribution in [0.1, 0.15) is 44.9 Å². The number of halogens is 1. The van der Waals surface area contributed by atoms with E-state index in [1.165, 1.54) is 0 Å². The molecule has 0 spiro atoms. The summed E-state index contributed by atoms with van der Waals surface area (Å²) < 4.78 is 14.0. The molecule has 2 aromatic carbocycles. The molecular weight excluding hydrogens is 450 g/mol. The predicted octanol–water partition coefficient (Wildman–Crippen LogP) is 5.77. The Morgan fingerprint density at radius 2 is 1.88 bits per heavy atom. The molecular formula is C27H34ClN3O3. The minimum absolute atomic E-state index is 0.281. The minimum Gasteiger partial charge on any atom is -0.439 e. The highest BCUT2D eigenvalue weighted by Crippen LogP contribution is 2.35. The molecule has 1 heterocycles. The van der Waals surface area contributed by atoms with Gasteiger partial charge in [0.25, 0.3) is 0 Å². The smallest absolute Gasteiger partial charge is 0.227 e. The molecule has 182 valence electrons. The Labute approximate surface area is 207 Å². The van der Waals surface area contributed by atoms with E-state index < -0.39 is 6.10 Å². The van der Waals surface area contributed by atoms with Crippen molar-refractivity contribution in [2.75, 3.05) is 13.2 Å². The van der Waals surface area contributed by atoms with E-state index >= 15 is 0 Å². The fraction of sp³-hybridized carbons (Fsp3) is 0.444. The van der Waals surface area contributed by atoms with E-state index in [4.69, 9.17) is 26.2 Å². The van der Waals surface area contributed by atoms with Crippen molar-refractivity contribution in [1.29, 1.82) is 0 Å². The van der Waals surface area contributed by atoms with Crippen molar-refractivity contribution in [2.24, 2.45) is 0 Å². The quantitative estimate of drug-likeness (QED) is 0.397. The third-order valence-electron chi connectivity index (χ3n) is 5.73. The molecule has 1 atom stereocenters. The first kappa shape index (κ1) is 24.7. The van der Waals surface area contributed by atoms with E-state index in [0.717, 1.165) is 35.5 Å². The van der Waals surface area contributed by atoms with Gasteiger partial charge in [0, 0.05) is 24.2 Å². The SMILES string of the molecule is Cc1nn(-c2cccc(Cl)c2)c(Oc2ccccc2)c1CN(C[C@H](O)COC(C)(C)C)C1CC1. The summed E-state index contributed by atoms with van der Waals surface area (Å²) in [5.41, 5.74) is 2.44. The summed E-state index contributed by atoms with van der Waals surface area (Å²) in [5.74, 6) is 1.40. The summed E-state index contributed by atoms with van der Waals surface area (Å²) in [7, 11) is 0. The fourth-order valence-electron chi connectivity index (χ4n) is 3.86. The first-order valence-corrected chi connectivity index (χ1v) is 12.2. The van der Waals surface area contributed by atoms with Crippen LogP contribution in [0.3, 0.4) is 0 Å². The van der Waals surface area contributed by atoms with Crippen LogP contribution in [0.4, 0.5) is 0 Å². The number of aliphatic hydroxyl groups excluding tert-OH is 1. The number of hydrogen-bond donors (Lipinski definition) is 1. The van der Waals surface area contributed by atoms with E-state index in [9.17, 15) is 5.11 Å². The molecule has 1 aliphatic carbocycles. The highest BCUT2D eigenvalue weighted by molar-refractivity contribution is 6.30. The summed E-state index contributed by atoms with van der Waals surface area (Å²) in [5, 5.41) is 16.1. The Morgan fingerprint density at radius 3 is 2.53 bits per heavy atom. The van der Waals surface area contributed by atoms with Crippen LogP contribution >= 0.6 is 11.6 Å². The molecule has 1 fully saturated rings. The van der Waals surface area contributed by atoms with Crippen molar-refractivity contribution < 1.29 is 14.6 Å². The average molecular weight is 484 g/mol. The molecule has 4 rings (SSSR count). The van der Waals surface area contributed by atoms with E-state index in [1.54, 1.807) is 0 Å². The summed E-state index contributed by atoms with van der Waals surface area (Å²) in [4.78, 5) is 2.32. The lowest BCUT2D eigenvalue weighted by Crippen LogP contribution is -2.38. The lowest BCUT2D eigenvalue weighted by molar-refractivity contribution is -0.0573. The molecule has 3 aromatic rings.